The Kier molecular flexibility index (Phi) is 16.7. The van der Waals surface area contributed by atoms with Crippen molar-refractivity contribution in [2.45, 2.75) is 114 Å². The van der Waals surface area contributed by atoms with Gasteiger partial charge in [-0.3, -0.25) is 19.1 Å². The number of nitrogens with one attached hydrogen (secondary N) is 2. The van der Waals surface area contributed by atoms with Gasteiger partial charge in [0.15, 0.2) is 12.4 Å². The number of carbonyl (C=O) groups excluding carboxylic acids is 1. The Morgan fingerprint density at radius 2 is 1.81 bits per heavy atom. The van der Waals surface area contributed by atoms with Crippen LogP contribution in [0.1, 0.15) is 71.7 Å². The van der Waals surface area contributed by atoms with Crippen LogP contribution in [0.3, 0.4) is 0 Å². The number of ether oxygens (including phenoxy) is 2. The van der Waals surface area contributed by atoms with Crippen molar-refractivity contribution in [3.63, 3.8) is 0 Å². The highest BCUT2D eigenvalue weighted by Crippen LogP contribution is 2.51. The fourth-order valence-electron chi connectivity index (χ4n) is 5.72. The summed E-state index contributed by atoms with van der Waals surface area (Å²) in [6.45, 7) is 16.7. The molecule has 1 aliphatic rings. The molecule has 0 radical (unpaired) electrons. The molecule has 2 aromatic carbocycles. The maximum absolute atomic E-state index is 16.3. The molecule has 3 aromatic rings. The molecule has 290 valence electrons. The molecule has 1 aliphatic heterocycles. The third-order valence-electron chi connectivity index (χ3n) is 8.42. The van der Waals surface area contributed by atoms with E-state index in [2.05, 4.69) is 47.5 Å². The maximum Gasteiger partial charge on any atom is 0.330 e. The lowest BCUT2D eigenvalue weighted by molar-refractivity contribution is -0.121. The fraction of sp³-hybridized carbons (Fsp3) is 0.500. The second-order valence-corrected chi connectivity index (χ2v) is 18.1. The van der Waals surface area contributed by atoms with Crippen molar-refractivity contribution in [1.82, 2.24) is 19.5 Å². The number of hydrogen-bond donors (Lipinski definition) is 2. The zero-order valence-electron chi connectivity index (χ0n) is 31.2. The van der Waals surface area contributed by atoms with Gasteiger partial charge in [-0.25, -0.2) is 13.9 Å². The lowest BCUT2D eigenvalue weighted by Crippen LogP contribution is -2.39. The minimum absolute atomic E-state index is 0.00359. The molecule has 53 heavy (non-hydrogen) atoms. The molecule has 0 spiro atoms. The summed E-state index contributed by atoms with van der Waals surface area (Å²) < 4.78 is 43.6. The summed E-state index contributed by atoms with van der Waals surface area (Å²) >= 11 is 0. The van der Waals surface area contributed by atoms with Crippen LogP contribution in [-0.4, -0.2) is 68.6 Å². The van der Waals surface area contributed by atoms with Crippen LogP contribution >= 0.6 is 30.1 Å². The largest absolute Gasteiger partial charge is 0.499 e. The smallest absolute Gasteiger partial charge is 0.330 e. The average Bonchev–Trinajstić information content (AvgIpc) is 3.42. The molecule has 1 saturated heterocycles. The normalized spacial score (nSPS) is 19.5. The van der Waals surface area contributed by atoms with Gasteiger partial charge in [-0.2, -0.15) is 0 Å². The Hall–Kier alpha value is -2.97. The standard InChI is InChI=1S/C38H52FN4O7PS2/c1-8-47-25-30-35(34(39)36(49-30)42-22-19-33(45)41-37(42)46)50-51(43(26(2)3)27(4)5)48-23-20-29-16-12-13-17-31(29)52-53-38(6,7)21-18-32(44)40-24-28-14-10-9-11-15-28/h8-17,19,22,26-27,30,34-36H,1,18,20-21,23-25H2,2-7H3,(H,40,44)(H,41,45,46). The zero-order valence-corrected chi connectivity index (χ0v) is 33.8. The van der Waals surface area contributed by atoms with E-state index in [0.29, 0.717) is 26.0 Å². The van der Waals surface area contributed by atoms with Crippen molar-refractivity contribution in [3.05, 3.63) is 112 Å². The molecule has 15 heteroatoms. The quantitative estimate of drug-likeness (QED) is 0.0636. The number of alkyl halides is 1. The summed E-state index contributed by atoms with van der Waals surface area (Å²) in [5.41, 5.74) is 0.781. The van der Waals surface area contributed by atoms with E-state index >= 15 is 4.39 Å². The number of nitrogens with zero attached hydrogens (tertiary/aromatic N) is 2. The molecular formula is C38H52FN4O7PS2. The van der Waals surface area contributed by atoms with Crippen LogP contribution < -0.4 is 16.6 Å². The van der Waals surface area contributed by atoms with Crippen LogP contribution in [0.2, 0.25) is 0 Å². The van der Waals surface area contributed by atoms with Crippen molar-refractivity contribution in [3.8, 4) is 0 Å². The predicted molar refractivity (Wildman–Crippen MR) is 211 cm³/mol. The summed E-state index contributed by atoms with van der Waals surface area (Å²) in [5.74, 6) is 0.0317. The Morgan fingerprint density at radius 1 is 1.11 bits per heavy atom. The highest BCUT2D eigenvalue weighted by molar-refractivity contribution is 8.77. The van der Waals surface area contributed by atoms with E-state index in [0.717, 1.165) is 33.1 Å². The molecule has 5 atom stereocenters. The van der Waals surface area contributed by atoms with Crippen molar-refractivity contribution in [1.29, 1.82) is 0 Å². The van der Waals surface area contributed by atoms with Gasteiger partial charge in [0, 0.05) is 47.0 Å². The van der Waals surface area contributed by atoms with E-state index in [1.807, 2.05) is 70.2 Å². The highest BCUT2D eigenvalue weighted by Gasteiger charge is 2.50. The number of hydrogen-bond acceptors (Lipinski definition) is 10. The topological polar surface area (TPSA) is 124 Å². The van der Waals surface area contributed by atoms with Crippen LogP contribution in [0.4, 0.5) is 4.39 Å². The van der Waals surface area contributed by atoms with Gasteiger partial charge in [0.25, 0.3) is 14.1 Å². The van der Waals surface area contributed by atoms with Gasteiger partial charge in [0.1, 0.15) is 18.8 Å². The van der Waals surface area contributed by atoms with E-state index in [1.54, 1.807) is 21.6 Å². The highest BCUT2D eigenvalue weighted by atomic mass is 33.1. The molecule has 0 bridgehead atoms. The van der Waals surface area contributed by atoms with E-state index in [4.69, 9.17) is 18.5 Å². The van der Waals surface area contributed by atoms with E-state index < -0.39 is 44.4 Å². The van der Waals surface area contributed by atoms with Crippen LogP contribution in [0, 0.1) is 0 Å². The summed E-state index contributed by atoms with van der Waals surface area (Å²) in [4.78, 5) is 40.1. The van der Waals surface area contributed by atoms with Crippen molar-refractivity contribution >= 4 is 36.0 Å². The SMILES string of the molecule is C=COCC1OC(n2ccc(=O)[nH]c2=O)C(F)C1OP(OCCc1ccccc1SSC(C)(C)CCC(=O)NCc1ccccc1)N(C(C)C)C(C)C. The first-order chi connectivity index (χ1) is 25.3. The number of benzene rings is 2. The lowest BCUT2D eigenvalue weighted by Gasteiger charge is -2.37. The summed E-state index contributed by atoms with van der Waals surface area (Å²) in [6, 6.07) is 19.2. The Labute approximate surface area is 320 Å². The predicted octanol–water partition coefficient (Wildman–Crippen LogP) is 7.54. The number of H-pyrrole nitrogens is 1. The van der Waals surface area contributed by atoms with Gasteiger partial charge >= 0.3 is 5.69 Å². The molecule has 1 aromatic heterocycles. The minimum atomic E-state index is -1.81. The number of amides is 1. The first-order valence-corrected chi connectivity index (χ1v) is 21.0. The molecule has 5 unspecified atom stereocenters. The molecule has 1 fully saturated rings. The van der Waals surface area contributed by atoms with Crippen molar-refractivity contribution in [2.24, 2.45) is 0 Å². The van der Waals surface area contributed by atoms with Gasteiger partial charge in [-0.15, -0.1) is 0 Å². The number of halogens is 1. The molecule has 1 amide bonds. The first kappa shape index (κ1) is 42.8. The van der Waals surface area contributed by atoms with Crippen LogP contribution in [-0.2, 0) is 36.3 Å². The molecule has 0 aliphatic carbocycles. The van der Waals surface area contributed by atoms with Crippen molar-refractivity contribution in [2.75, 3.05) is 13.2 Å². The average molecular weight is 791 g/mol. The molecule has 2 heterocycles. The van der Waals surface area contributed by atoms with E-state index in [-0.39, 0.29) is 29.3 Å². The third-order valence-corrected chi connectivity index (χ3v) is 14.0. The molecular weight excluding hydrogens is 739 g/mol. The minimum Gasteiger partial charge on any atom is -0.499 e. The number of carbonyl (C=O) groups is 1. The van der Waals surface area contributed by atoms with Gasteiger partial charge in [0.2, 0.25) is 5.91 Å². The Bertz CT molecular complexity index is 1720. The summed E-state index contributed by atoms with van der Waals surface area (Å²) in [5, 5.41) is 3.01. The zero-order chi connectivity index (χ0) is 38.5. The van der Waals surface area contributed by atoms with Crippen LogP contribution in [0.5, 0.6) is 0 Å². The van der Waals surface area contributed by atoms with Crippen molar-refractivity contribution < 1.29 is 27.7 Å². The lowest BCUT2D eigenvalue weighted by atomic mass is 10.1. The Morgan fingerprint density at radius 3 is 2.49 bits per heavy atom. The van der Waals surface area contributed by atoms with Gasteiger partial charge in [-0.1, -0.05) is 76.7 Å². The first-order valence-electron chi connectivity index (χ1n) is 17.8. The van der Waals surface area contributed by atoms with E-state index in [9.17, 15) is 14.4 Å². The third kappa shape index (κ3) is 12.8. The monoisotopic (exact) mass is 790 g/mol. The molecule has 4 rings (SSSR count). The van der Waals surface area contributed by atoms with E-state index in [1.165, 1.54) is 12.5 Å². The molecule has 2 N–H and O–H groups in total. The second kappa shape index (κ2) is 20.6. The van der Waals surface area contributed by atoms with Crippen LogP contribution in [0.25, 0.3) is 0 Å². The van der Waals surface area contributed by atoms with Gasteiger partial charge in [0.05, 0.1) is 12.9 Å². The second-order valence-electron chi connectivity index (χ2n) is 13.8. The fourth-order valence-corrected chi connectivity index (χ4v) is 10.1. The van der Waals surface area contributed by atoms with Gasteiger partial charge < -0.3 is 23.8 Å². The summed E-state index contributed by atoms with van der Waals surface area (Å²) in [7, 11) is 1.60. The van der Waals surface area contributed by atoms with Crippen LogP contribution in [0.15, 0.2) is 94.2 Å². The number of rotatable bonds is 21. The summed E-state index contributed by atoms with van der Waals surface area (Å²) in [6.07, 6.45) is -0.991. The molecule has 0 saturated carbocycles. The van der Waals surface area contributed by atoms with Gasteiger partial charge in [-0.05, 0) is 71.6 Å². The molecule has 11 nitrogen and oxygen atoms in total. The number of aromatic amines is 1. The Balaban J connectivity index is 1.41. The number of aromatic nitrogens is 2. The maximum atomic E-state index is 16.3.